The normalized spacial score (nSPS) is 30.1. The minimum Gasteiger partial charge on any atom is -0.497 e. The fraction of sp³-hybridized carbons (Fsp3) is 0.588. The summed E-state index contributed by atoms with van der Waals surface area (Å²) in [6.07, 6.45) is 6.58. The van der Waals surface area contributed by atoms with E-state index < -0.39 is 0 Å². The van der Waals surface area contributed by atoms with Crippen LogP contribution in [0.25, 0.3) is 0 Å². The molecule has 0 spiro atoms. The van der Waals surface area contributed by atoms with Gasteiger partial charge in [-0.3, -0.25) is 4.79 Å². The number of carbonyl (C=O) groups excluding carboxylic acids is 1. The van der Waals surface area contributed by atoms with Crippen molar-refractivity contribution < 1.29 is 9.53 Å². The van der Waals surface area contributed by atoms with E-state index in [0.717, 1.165) is 18.7 Å². The number of methoxy groups -OCH3 is 1. The van der Waals surface area contributed by atoms with Crippen molar-refractivity contribution in [1.82, 2.24) is 5.32 Å². The van der Waals surface area contributed by atoms with E-state index in [0.29, 0.717) is 12.3 Å². The molecular weight excluding hydrogens is 250 g/mol. The fourth-order valence-electron chi connectivity index (χ4n) is 4.06. The number of fused-ring (bicyclic) bond motifs is 1. The molecule has 108 valence electrons. The molecule has 1 aliphatic heterocycles. The Morgan fingerprint density at radius 2 is 2.20 bits per heavy atom. The second-order valence-electron chi connectivity index (χ2n) is 6.13. The van der Waals surface area contributed by atoms with Crippen LogP contribution in [0.4, 0.5) is 0 Å². The molecule has 0 bridgehead atoms. The van der Waals surface area contributed by atoms with Crippen LogP contribution in [0.1, 0.15) is 44.1 Å². The SMILES string of the molecule is COc1cccc(C23CCCCC2CNC(=O)CC3)c1. The zero-order valence-corrected chi connectivity index (χ0v) is 12.2. The molecule has 2 aliphatic rings. The fourth-order valence-corrected chi connectivity index (χ4v) is 4.06. The lowest BCUT2D eigenvalue weighted by molar-refractivity contribution is -0.120. The van der Waals surface area contributed by atoms with Gasteiger partial charge in [0.1, 0.15) is 5.75 Å². The van der Waals surface area contributed by atoms with E-state index >= 15 is 0 Å². The second-order valence-corrected chi connectivity index (χ2v) is 6.13. The first-order valence-corrected chi connectivity index (χ1v) is 7.66. The van der Waals surface area contributed by atoms with Crippen LogP contribution in [-0.2, 0) is 10.2 Å². The van der Waals surface area contributed by atoms with Crippen molar-refractivity contribution in [3.05, 3.63) is 29.8 Å². The van der Waals surface area contributed by atoms with Gasteiger partial charge in [-0.15, -0.1) is 0 Å². The third kappa shape index (κ3) is 2.30. The van der Waals surface area contributed by atoms with Gasteiger partial charge in [-0.1, -0.05) is 25.0 Å². The van der Waals surface area contributed by atoms with Crippen LogP contribution in [-0.4, -0.2) is 19.6 Å². The lowest BCUT2D eigenvalue weighted by atomic mass is 9.61. The quantitative estimate of drug-likeness (QED) is 0.899. The average molecular weight is 273 g/mol. The minimum absolute atomic E-state index is 0.159. The van der Waals surface area contributed by atoms with Crippen LogP contribution in [0.3, 0.4) is 0 Å². The zero-order chi connectivity index (χ0) is 14.0. The Morgan fingerprint density at radius 3 is 3.05 bits per heavy atom. The summed E-state index contributed by atoms with van der Waals surface area (Å²) >= 11 is 0. The molecule has 20 heavy (non-hydrogen) atoms. The van der Waals surface area contributed by atoms with E-state index in [1.807, 2.05) is 6.07 Å². The van der Waals surface area contributed by atoms with Crippen molar-refractivity contribution in [3.63, 3.8) is 0 Å². The number of rotatable bonds is 2. The maximum absolute atomic E-state index is 11.8. The summed E-state index contributed by atoms with van der Waals surface area (Å²) in [5.41, 5.74) is 1.52. The van der Waals surface area contributed by atoms with Crippen molar-refractivity contribution in [2.75, 3.05) is 13.7 Å². The standard InChI is InChI=1S/C17H23NO2/c1-20-15-7-4-6-13(11-15)17-9-3-2-5-14(17)12-18-16(19)8-10-17/h4,6-7,11,14H,2-3,5,8-10,12H2,1H3,(H,18,19). The Bertz CT molecular complexity index is 500. The smallest absolute Gasteiger partial charge is 0.220 e. The van der Waals surface area contributed by atoms with E-state index in [1.165, 1.54) is 31.2 Å². The molecule has 1 heterocycles. The van der Waals surface area contributed by atoms with E-state index in [2.05, 4.69) is 23.5 Å². The van der Waals surface area contributed by atoms with Crippen molar-refractivity contribution in [2.24, 2.45) is 5.92 Å². The van der Waals surface area contributed by atoms with Gasteiger partial charge >= 0.3 is 0 Å². The predicted molar refractivity (Wildman–Crippen MR) is 78.9 cm³/mol. The molecular formula is C17H23NO2. The molecule has 1 saturated heterocycles. The summed E-state index contributed by atoms with van der Waals surface area (Å²) in [5, 5.41) is 3.10. The average Bonchev–Trinajstić information content (AvgIpc) is 2.68. The molecule has 0 radical (unpaired) electrons. The van der Waals surface area contributed by atoms with Gasteiger partial charge in [0.2, 0.25) is 5.91 Å². The third-order valence-electron chi connectivity index (χ3n) is 5.20. The van der Waals surface area contributed by atoms with Gasteiger partial charge in [0.25, 0.3) is 0 Å². The van der Waals surface area contributed by atoms with Crippen LogP contribution in [0, 0.1) is 5.92 Å². The van der Waals surface area contributed by atoms with Crippen LogP contribution in [0.5, 0.6) is 5.75 Å². The van der Waals surface area contributed by atoms with Crippen LogP contribution in [0.15, 0.2) is 24.3 Å². The van der Waals surface area contributed by atoms with Crippen LogP contribution in [0.2, 0.25) is 0 Å². The summed E-state index contributed by atoms with van der Waals surface area (Å²) in [7, 11) is 1.72. The van der Waals surface area contributed by atoms with E-state index in [9.17, 15) is 4.79 Å². The number of hydrogen-bond acceptors (Lipinski definition) is 2. The molecule has 1 aliphatic carbocycles. The van der Waals surface area contributed by atoms with Gasteiger partial charge in [0.15, 0.2) is 0 Å². The first-order valence-electron chi connectivity index (χ1n) is 7.66. The Labute approximate surface area is 120 Å². The number of ether oxygens (including phenoxy) is 1. The number of hydrogen-bond donors (Lipinski definition) is 1. The van der Waals surface area contributed by atoms with E-state index in [-0.39, 0.29) is 11.3 Å². The highest BCUT2D eigenvalue weighted by Crippen LogP contribution is 2.48. The summed E-state index contributed by atoms with van der Waals surface area (Å²) in [4.78, 5) is 11.8. The summed E-state index contributed by atoms with van der Waals surface area (Å²) in [6.45, 7) is 0.829. The van der Waals surface area contributed by atoms with Gasteiger partial charge in [-0.25, -0.2) is 0 Å². The maximum Gasteiger partial charge on any atom is 0.220 e. The number of carbonyl (C=O) groups is 1. The van der Waals surface area contributed by atoms with Gasteiger partial charge in [0.05, 0.1) is 7.11 Å². The highest BCUT2D eigenvalue weighted by Gasteiger charge is 2.43. The lowest BCUT2D eigenvalue weighted by Gasteiger charge is -2.43. The molecule has 3 rings (SSSR count). The maximum atomic E-state index is 11.8. The molecule has 3 heteroatoms. The molecule has 1 aromatic carbocycles. The predicted octanol–water partition coefficient (Wildman–Crippen LogP) is 3.03. The molecule has 0 aromatic heterocycles. The van der Waals surface area contributed by atoms with Crippen LogP contribution < -0.4 is 10.1 Å². The number of nitrogens with one attached hydrogen (secondary N) is 1. The monoisotopic (exact) mass is 273 g/mol. The van der Waals surface area contributed by atoms with Gasteiger partial charge in [-0.2, -0.15) is 0 Å². The molecule has 2 unspecified atom stereocenters. The molecule has 2 atom stereocenters. The van der Waals surface area contributed by atoms with Gasteiger partial charge in [-0.05, 0) is 42.9 Å². The van der Waals surface area contributed by atoms with Crippen LogP contribution >= 0.6 is 0 Å². The van der Waals surface area contributed by atoms with E-state index in [4.69, 9.17) is 4.74 Å². The molecule has 3 nitrogen and oxygen atoms in total. The van der Waals surface area contributed by atoms with E-state index in [1.54, 1.807) is 7.11 Å². The first kappa shape index (κ1) is 13.5. The Hall–Kier alpha value is -1.51. The summed E-state index contributed by atoms with van der Waals surface area (Å²) < 4.78 is 5.39. The van der Waals surface area contributed by atoms with Gasteiger partial charge < -0.3 is 10.1 Å². The largest absolute Gasteiger partial charge is 0.497 e. The number of amides is 1. The molecule has 1 saturated carbocycles. The molecule has 1 amide bonds. The van der Waals surface area contributed by atoms with Crippen molar-refractivity contribution in [3.8, 4) is 5.75 Å². The summed E-state index contributed by atoms with van der Waals surface area (Å²) in [6, 6.07) is 8.47. The highest BCUT2D eigenvalue weighted by molar-refractivity contribution is 5.76. The Balaban J connectivity index is 2.01. The zero-order valence-electron chi connectivity index (χ0n) is 12.2. The second kappa shape index (κ2) is 5.47. The molecule has 1 N–H and O–H groups in total. The topological polar surface area (TPSA) is 38.3 Å². The summed E-state index contributed by atoms with van der Waals surface area (Å²) in [5.74, 6) is 1.70. The molecule has 2 fully saturated rings. The Kier molecular flexibility index (Phi) is 3.68. The number of benzene rings is 1. The lowest BCUT2D eigenvalue weighted by Crippen LogP contribution is -2.41. The minimum atomic E-state index is 0.159. The van der Waals surface area contributed by atoms with Crippen molar-refractivity contribution >= 4 is 5.91 Å². The van der Waals surface area contributed by atoms with Gasteiger partial charge in [0, 0.05) is 18.4 Å². The van der Waals surface area contributed by atoms with Crippen molar-refractivity contribution in [1.29, 1.82) is 0 Å². The third-order valence-corrected chi connectivity index (χ3v) is 5.20. The molecule has 1 aromatic rings. The van der Waals surface area contributed by atoms with Crippen molar-refractivity contribution in [2.45, 2.75) is 43.9 Å². The highest BCUT2D eigenvalue weighted by atomic mass is 16.5. The Morgan fingerprint density at radius 1 is 1.30 bits per heavy atom. The first-order chi connectivity index (χ1) is 9.74.